The first-order valence-corrected chi connectivity index (χ1v) is 6.48. The van der Waals surface area contributed by atoms with E-state index >= 15 is 0 Å². The Balaban J connectivity index is 2.06. The zero-order chi connectivity index (χ0) is 15.6. The average molecular weight is 291 g/mol. The number of halogens is 1. The Morgan fingerprint density at radius 2 is 2.00 bits per heavy atom. The minimum Gasteiger partial charge on any atom is -0.396 e. The number of nitrogens with zero attached hydrogens (tertiary/aromatic N) is 2. The summed E-state index contributed by atoms with van der Waals surface area (Å²) < 4.78 is 12.7. The van der Waals surface area contributed by atoms with Crippen molar-refractivity contribution in [3.8, 4) is 0 Å². The second-order valence-corrected chi connectivity index (χ2v) is 4.97. The average Bonchev–Trinajstić information content (AvgIpc) is 2.43. The number of amides is 1. The lowest BCUT2D eigenvalue weighted by Gasteiger charge is -2.34. The van der Waals surface area contributed by atoms with Crippen LogP contribution in [0.15, 0.2) is 36.2 Å². The third kappa shape index (κ3) is 3.38. The number of benzene rings is 1. The zero-order valence-electron chi connectivity index (χ0n) is 11.7. The summed E-state index contributed by atoms with van der Waals surface area (Å²) in [6.07, 6.45) is 0.521. The molecule has 0 radical (unpaired) electrons. The Hall–Kier alpha value is -2.41. The predicted octanol–water partition coefficient (Wildman–Crippen LogP) is 1.00. The van der Waals surface area contributed by atoms with Crippen LogP contribution in [0.1, 0.15) is 17.3 Å². The van der Waals surface area contributed by atoms with Crippen LogP contribution in [-0.4, -0.2) is 35.8 Å². The summed E-state index contributed by atoms with van der Waals surface area (Å²) in [4.78, 5) is 13.4. The van der Waals surface area contributed by atoms with Gasteiger partial charge in [-0.3, -0.25) is 9.80 Å². The van der Waals surface area contributed by atoms with Gasteiger partial charge in [0.2, 0.25) is 0 Å². The molecule has 1 aromatic carbocycles. The second-order valence-electron chi connectivity index (χ2n) is 4.97. The molecule has 5 N–H and O–H groups in total. The van der Waals surface area contributed by atoms with E-state index in [1.807, 2.05) is 0 Å². The van der Waals surface area contributed by atoms with E-state index in [0.717, 1.165) is 0 Å². The third-order valence-corrected chi connectivity index (χ3v) is 3.25. The molecule has 1 saturated heterocycles. The fourth-order valence-corrected chi connectivity index (χ4v) is 1.87. The Morgan fingerprint density at radius 3 is 2.48 bits per heavy atom. The van der Waals surface area contributed by atoms with Gasteiger partial charge in [0.15, 0.2) is 0 Å². The van der Waals surface area contributed by atoms with Crippen LogP contribution in [0, 0.1) is 5.41 Å². The maximum absolute atomic E-state index is 12.7. The number of alkyl halides is 1. The van der Waals surface area contributed by atoms with E-state index in [1.54, 1.807) is 31.2 Å². The molecule has 1 fully saturated rings. The Labute approximate surface area is 122 Å². The number of nitrogens with one attached hydrogen (secondary N) is 1. The van der Waals surface area contributed by atoms with E-state index in [9.17, 15) is 9.18 Å². The summed E-state index contributed by atoms with van der Waals surface area (Å²) in [6, 6.07) is 6.60. The van der Waals surface area contributed by atoms with Crippen LogP contribution in [0.4, 0.5) is 10.1 Å². The van der Waals surface area contributed by atoms with E-state index in [0.29, 0.717) is 11.3 Å². The molecule has 21 heavy (non-hydrogen) atoms. The van der Waals surface area contributed by atoms with E-state index in [-0.39, 0.29) is 30.4 Å². The van der Waals surface area contributed by atoms with Gasteiger partial charge in [-0.25, -0.2) is 10.2 Å². The molecule has 6 nitrogen and oxygen atoms in total. The summed E-state index contributed by atoms with van der Waals surface area (Å²) >= 11 is 0. The molecule has 0 bridgehead atoms. The zero-order valence-corrected chi connectivity index (χ0v) is 11.7. The number of anilines is 1. The van der Waals surface area contributed by atoms with Crippen LogP contribution in [0.25, 0.3) is 0 Å². The number of hydrogen-bond donors (Lipinski definition) is 3. The Morgan fingerprint density at radius 1 is 1.43 bits per heavy atom. The number of allylic oxidation sites excluding steroid dienone is 1. The number of nitrogens with two attached hydrogens (primary N) is 2. The fraction of sp³-hybridized carbons (Fsp3) is 0.286. The van der Waals surface area contributed by atoms with Crippen molar-refractivity contribution < 1.29 is 9.18 Å². The minimum absolute atomic E-state index is 0.154. The van der Waals surface area contributed by atoms with Gasteiger partial charge in [-0.2, -0.15) is 0 Å². The lowest BCUT2D eigenvalue weighted by molar-refractivity contribution is 0.0400. The molecule has 0 atom stereocenters. The van der Waals surface area contributed by atoms with Crippen molar-refractivity contribution in [3.05, 3.63) is 41.7 Å². The van der Waals surface area contributed by atoms with Gasteiger partial charge in [0.1, 0.15) is 6.17 Å². The highest BCUT2D eigenvalue weighted by atomic mass is 19.1. The van der Waals surface area contributed by atoms with Crippen molar-refractivity contribution in [2.75, 3.05) is 18.1 Å². The smallest absolute Gasteiger partial charge is 0.254 e. The van der Waals surface area contributed by atoms with Crippen molar-refractivity contribution >= 4 is 17.3 Å². The number of carbonyl (C=O) groups is 1. The first-order valence-electron chi connectivity index (χ1n) is 6.48. The van der Waals surface area contributed by atoms with Gasteiger partial charge in [0.25, 0.3) is 5.91 Å². The van der Waals surface area contributed by atoms with Crippen LogP contribution in [0.3, 0.4) is 0 Å². The maximum atomic E-state index is 12.7. The van der Waals surface area contributed by atoms with Gasteiger partial charge in [-0.1, -0.05) is 0 Å². The van der Waals surface area contributed by atoms with Crippen LogP contribution >= 0.6 is 0 Å². The first kappa shape index (κ1) is 15.0. The van der Waals surface area contributed by atoms with Crippen LogP contribution < -0.4 is 16.6 Å². The second kappa shape index (κ2) is 5.92. The van der Waals surface area contributed by atoms with Crippen molar-refractivity contribution in [3.63, 3.8) is 0 Å². The van der Waals surface area contributed by atoms with E-state index in [1.165, 1.54) is 16.1 Å². The van der Waals surface area contributed by atoms with Gasteiger partial charge in [-0.05, 0) is 31.2 Å². The summed E-state index contributed by atoms with van der Waals surface area (Å²) in [5.74, 6) is 5.62. The predicted molar refractivity (Wildman–Crippen MR) is 79.6 cm³/mol. The topological polar surface area (TPSA) is 99.4 Å². The molecule has 1 aromatic rings. The normalized spacial score (nSPS) is 15.6. The molecule has 1 heterocycles. The molecule has 0 saturated carbocycles. The molecule has 1 amide bonds. The van der Waals surface area contributed by atoms with Crippen molar-refractivity contribution in [2.45, 2.75) is 13.1 Å². The van der Waals surface area contributed by atoms with Crippen molar-refractivity contribution in [1.29, 1.82) is 5.41 Å². The maximum Gasteiger partial charge on any atom is 0.254 e. The van der Waals surface area contributed by atoms with Gasteiger partial charge in [-0.15, -0.1) is 0 Å². The Kier molecular flexibility index (Phi) is 4.23. The van der Waals surface area contributed by atoms with Gasteiger partial charge in [0.05, 0.1) is 30.2 Å². The van der Waals surface area contributed by atoms with Crippen molar-refractivity contribution in [2.24, 2.45) is 11.6 Å². The Bertz CT molecular complexity index is 578. The molecule has 1 aliphatic heterocycles. The van der Waals surface area contributed by atoms with Gasteiger partial charge < -0.3 is 16.0 Å². The third-order valence-electron chi connectivity index (χ3n) is 3.25. The minimum atomic E-state index is -0.912. The monoisotopic (exact) mass is 291 g/mol. The quantitative estimate of drug-likeness (QED) is 0.438. The molecule has 112 valence electrons. The molecule has 0 aliphatic carbocycles. The fourth-order valence-electron chi connectivity index (χ4n) is 1.87. The number of likely N-dealkylation sites (tertiary alicyclic amines) is 1. The lowest BCUT2D eigenvalue weighted by Crippen LogP contribution is -2.51. The van der Waals surface area contributed by atoms with E-state index in [2.05, 4.69) is 0 Å². The summed E-state index contributed by atoms with van der Waals surface area (Å²) in [5.41, 5.74) is 7.22. The molecule has 7 heteroatoms. The summed E-state index contributed by atoms with van der Waals surface area (Å²) in [7, 11) is 0. The summed E-state index contributed by atoms with van der Waals surface area (Å²) in [6.45, 7) is 1.87. The van der Waals surface area contributed by atoms with E-state index < -0.39 is 6.17 Å². The number of hydrazine groups is 1. The van der Waals surface area contributed by atoms with Crippen LogP contribution in [0.2, 0.25) is 0 Å². The SMILES string of the molecule is CC(=N)/C(N)=C/N(N)c1ccc(C(=O)N2CC(F)C2)cc1. The van der Waals surface area contributed by atoms with Crippen LogP contribution in [-0.2, 0) is 0 Å². The molecule has 0 aromatic heterocycles. The number of carbonyl (C=O) groups excluding carboxylic acids is 1. The largest absolute Gasteiger partial charge is 0.396 e. The number of rotatable bonds is 4. The first-order chi connectivity index (χ1) is 9.88. The lowest BCUT2D eigenvalue weighted by atomic mass is 10.1. The van der Waals surface area contributed by atoms with Gasteiger partial charge >= 0.3 is 0 Å². The molecule has 1 aliphatic rings. The van der Waals surface area contributed by atoms with Crippen LogP contribution in [0.5, 0.6) is 0 Å². The molecule has 0 spiro atoms. The summed E-state index contributed by atoms with van der Waals surface area (Å²) in [5, 5.41) is 8.66. The highest BCUT2D eigenvalue weighted by molar-refractivity contribution is 5.96. The number of hydrogen-bond acceptors (Lipinski definition) is 5. The van der Waals surface area contributed by atoms with E-state index in [4.69, 9.17) is 17.0 Å². The standard InChI is InChI=1S/C14H18FN5O/c1-9(16)13(17)8-20(18)12-4-2-10(3-5-12)14(21)19-6-11(15)7-19/h2-5,8,11,16H,6-7,17-18H2,1H3/b13-8-,16-9?. The highest BCUT2D eigenvalue weighted by Crippen LogP contribution is 2.18. The molecule has 2 rings (SSSR count). The molecular weight excluding hydrogens is 273 g/mol. The van der Waals surface area contributed by atoms with Gasteiger partial charge in [0, 0.05) is 11.8 Å². The highest BCUT2D eigenvalue weighted by Gasteiger charge is 2.30. The molecule has 0 unspecified atom stereocenters. The van der Waals surface area contributed by atoms with Crippen molar-refractivity contribution in [1.82, 2.24) is 4.90 Å². The molecular formula is C14H18FN5O.